The number of rotatable bonds is 5. The minimum Gasteiger partial charge on any atom is -0.393 e. The van der Waals surface area contributed by atoms with Crippen molar-refractivity contribution in [3.8, 4) is 0 Å². The Hall–Kier alpha value is -2.15. The van der Waals surface area contributed by atoms with Gasteiger partial charge in [0, 0.05) is 32.3 Å². The van der Waals surface area contributed by atoms with Crippen LogP contribution < -0.4 is 5.32 Å². The molecule has 1 aliphatic rings. The minimum atomic E-state index is -0.509. The number of aliphatic hydroxyl groups excluding tert-OH is 1. The van der Waals surface area contributed by atoms with Crippen LogP contribution in [0.15, 0.2) is 18.2 Å². The van der Waals surface area contributed by atoms with Crippen LogP contribution in [0.25, 0.3) is 0 Å². The average Bonchev–Trinajstić information content (AvgIpc) is 2.43. The molecular formula is C14H19N3O4. The second-order valence-electron chi connectivity index (χ2n) is 5.42. The van der Waals surface area contributed by atoms with Crippen molar-refractivity contribution in [2.45, 2.75) is 18.9 Å². The molecule has 0 aliphatic heterocycles. The van der Waals surface area contributed by atoms with E-state index < -0.39 is 4.92 Å². The van der Waals surface area contributed by atoms with Crippen molar-refractivity contribution in [2.24, 2.45) is 5.92 Å². The van der Waals surface area contributed by atoms with Crippen LogP contribution >= 0.6 is 0 Å². The van der Waals surface area contributed by atoms with Gasteiger partial charge in [-0.15, -0.1) is 0 Å². The van der Waals surface area contributed by atoms with E-state index in [0.29, 0.717) is 36.6 Å². The number of nitrogens with zero attached hydrogens (tertiary/aromatic N) is 2. The maximum atomic E-state index is 12.3. The maximum absolute atomic E-state index is 12.3. The van der Waals surface area contributed by atoms with Crippen LogP contribution in [-0.4, -0.2) is 47.6 Å². The minimum absolute atomic E-state index is 0.115. The van der Waals surface area contributed by atoms with Crippen molar-refractivity contribution in [1.82, 2.24) is 4.90 Å². The number of anilines is 1. The fraction of sp³-hybridized carbons (Fsp3) is 0.500. The topological polar surface area (TPSA) is 95.7 Å². The number of nitrogens with one attached hydrogen (secondary N) is 1. The largest absolute Gasteiger partial charge is 0.393 e. The Balaban J connectivity index is 2.11. The standard InChI is InChI=1S/C14H19N3O4/c1-15-12-4-3-10(7-13(12)17(20)21)14(19)16(2)8-9-5-11(18)6-9/h3-4,7,9,11,15,18H,5-6,8H2,1-2H3. The highest BCUT2D eigenvalue weighted by atomic mass is 16.6. The van der Waals surface area contributed by atoms with Gasteiger partial charge >= 0.3 is 0 Å². The predicted molar refractivity (Wildman–Crippen MR) is 78.3 cm³/mol. The highest BCUT2D eigenvalue weighted by Gasteiger charge is 2.29. The summed E-state index contributed by atoms with van der Waals surface area (Å²) in [6.07, 6.45) is 1.15. The first kappa shape index (κ1) is 15.2. The zero-order valence-corrected chi connectivity index (χ0v) is 12.1. The van der Waals surface area contributed by atoms with E-state index in [2.05, 4.69) is 5.32 Å². The quantitative estimate of drug-likeness (QED) is 0.633. The molecular weight excluding hydrogens is 274 g/mol. The third kappa shape index (κ3) is 3.30. The van der Waals surface area contributed by atoms with Gasteiger partial charge in [0.15, 0.2) is 0 Å². The monoisotopic (exact) mass is 293 g/mol. The summed E-state index contributed by atoms with van der Waals surface area (Å²) >= 11 is 0. The molecule has 2 rings (SSSR count). The first-order valence-electron chi connectivity index (χ1n) is 6.82. The Kier molecular flexibility index (Phi) is 4.42. The third-order valence-corrected chi connectivity index (χ3v) is 3.80. The first-order chi connectivity index (χ1) is 9.92. The molecule has 0 aromatic heterocycles. The van der Waals surface area contributed by atoms with E-state index in [4.69, 9.17) is 0 Å². The van der Waals surface area contributed by atoms with E-state index in [1.807, 2.05) is 0 Å². The van der Waals surface area contributed by atoms with Crippen LogP contribution in [0, 0.1) is 16.0 Å². The van der Waals surface area contributed by atoms with E-state index in [1.165, 1.54) is 12.1 Å². The summed E-state index contributed by atoms with van der Waals surface area (Å²) < 4.78 is 0. The van der Waals surface area contributed by atoms with E-state index in [-0.39, 0.29) is 17.7 Å². The van der Waals surface area contributed by atoms with Gasteiger partial charge in [-0.05, 0) is 30.9 Å². The molecule has 7 nitrogen and oxygen atoms in total. The van der Waals surface area contributed by atoms with Crippen molar-refractivity contribution >= 4 is 17.3 Å². The van der Waals surface area contributed by atoms with Gasteiger partial charge in [-0.3, -0.25) is 14.9 Å². The summed E-state index contributed by atoms with van der Waals surface area (Å²) in [6, 6.07) is 4.40. The Bertz CT molecular complexity index is 555. The van der Waals surface area contributed by atoms with Crippen LogP contribution in [0.4, 0.5) is 11.4 Å². The molecule has 114 valence electrons. The van der Waals surface area contributed by atoms with Crippen LogP contribution in [0.2, 0.25) is 0 Å². The second kappa shape index (κ2) is 6.09. The van der Waals surface area contributed by atoms with Crippen LogP contribution in [0.1, 0.15) is 23.2 Å². The Morgan fingerprint density at radius 1 is 1.52 bits per heavy atom. The van der Waals surface area contributed by atoms with Gasteiger partial charge in [-0.2, -0.15) is 0 Å². The number of hydrogen-bond donors (Lipinski definition) is 2. The number of carbonyl (C=O) groups is 1. The van der Waals surface area contributed by atoms with Gasteiger partial charge in [0.1, 0.15) is 5.69 Å². The van der Waals surface area contributed by atoms with Crippen molar-refractivity contribution < 1.29 is 14.8 Å². The van der Waals surface area contributed by atoms with Gasteiger partial charge < -0.3 is 15.3 Å². The van der Waals surface area contributed by atoms with Gasteiger partial charge in [0.25, 0.3) is 11.6 Å². The molecule has 21 heavy (non-hydrogen) atoms. The summed E-state index contributed by atoms with van der Waals surface area (Å²) in [5, 5.41) is 23.0. The highest BCUT2D eigenvalue weighted by molar-refractivity contribution is 5.95. The smallest absolute Gasteiger partial charge is 0.293 e. The lowest BCUT2D eigenvalue weighted by Gasteiger charge is -2.34. The second-order valence-corrected chi connectivity index (χ2v) is 5.42. The van der Waals surface area contributed by atoms with Crippen LogP contribution in [-0.2, 0) is 0 Å². The van der Waals surface area contributed by atoms with Gasteiger partial charge in [0.05, 0.1) is 11.0 Å². The Morgan fingerprint density at radius 2 is 2.19 bits per heavy atom. The zero-order chi connectivity index (χ0) is 15.6. The molecule has 0 unspecified atom stereocenters. The lowest BCUT2D eigenvalue weighted by molar-refractivity contribution is -0.384. The molecule has 1 saturated carbocycles. The molecule has 0 heterocycles. The van der Waals surface area contributed by atoms with Crippen molar-refractivity contribution in [3.63, 3.8) is 0 Å². The highest BCUT2D eigenvalue weighted by Crippen LogP contribution is 2.29. The molecule has 2 N–H and O–H groups in total. The average molecular weight is 293 g/mol. The van der Waals surface area contributed by atoms with E-state index in [9.17, 15) is 20.0 Å². The number of benzene rings is 1. The van der Waals surface area contributed by atoms with Crippen molar-refractivity contribution in [3.05, 3.63) is 33.9 Å². The molecule has 1 fully saturated rings. The summed E-state index contributed by atoms with van der Waals surface area (Å²) in [5.41, 5.74) is 0.556. The van der Waals surface area contributed by atoms with Gasteiger partial charge in [-0.25, -0.2) is 0 Å². The fourth-order valence-electron chi connectivity index (χ4n) is 2.57. The number of hydrogen-bond acceptors (Lipinski definition) is 5. The van der Waals surface area contributed by atoms with Gasteiger partial charge in [0.2, 0.25) is 0 Å². The Morgan fingerprint density at radius 3 is 2.71 bits per heavy atom. The fourth-order valence-corrected chi connectivity index (χ4v) is 2.57. The summed E-state index contributed by atoms with van der Waals surface area (Å²) in [6.45, 7) is 0.553. The molecule has 1 aromatic rings. The summed E-state index contributed by atoms with van der Waals surface area (Å²) in [4.78, 5) is 24.3. The summed E-state index contributed by atoms with van der Waals surface area (Å²) in [5.74, 6) is 0.0580. The lowest BCUT2D eigenvalue weighted by Crippen LogP contribution is -2.39. The van der Waals surface area contributed by atoms with E-state index >= 15 is 0 Å². The number of aliphatic hydroxyl groups is 1. The number of nitro groups is 1. The maximum Gasteiger partial charge on any atom is 0.293 e. The van der Waals surface area contributed by atoms with Gasteiger partial charge in [-0.1, -0.05) is 0 Å². The number of amides is 1. The molecule has 1 amide bonds. The normalized spacial score (nSPS) is 20.5. The number of carbonyl (C=O) groups excluding carboxylic acids is 1. The Labute approximate surface area is 122 Å². The first-order valence-corrected chi connectivity index (χ1v) is 6.82. The molecule has 0 atom stereocenters. The zero-order valence-electron chi connectivity index (χ0n) is 12.1. The third-order valence-electron chi connectivity index (χ3n) is 3.80. The van der Waals surface area contributed by atoms with Crippen LogP contribution in [0.5, 0.6) is 0 Å². The van der Waals surface area contributed by atoms with Crippen LogP contribution in [0.3, 0.4) is 0 Å². The molecule has 0 saturated heterocycles. The molecule has 1 aliphatic carbocycles. The lowest BCUT2D eigenvalue weighted by atomic mass is 9.82. The molecule has 1 aromatic carbocycles. The predicted octanol–water partition coefficient (Wildman–Crippen LogP) is 1.48. The van der Waals surface area contributed by atoms with E-state index in [0.717, 1.165) is 0 Å². The van der Waals surface area contributed by atoms with Crippen molar-refractivity contribution in [2.75, 3.05) is 26.0 Å². The molecule has 7 heteroatoms. The van der Waals surface area contributed by atoms with Crippen molar-refractivity contribution in [1.29, 1.82) is 0 Å². The molecule has 0 spiro atoms. The molecule has 0 radical (unpaired) electrons. The summed E-state index contributed by atoms with van der Waals surface area (Å²) in [7, 11) is 3.27. The van der Waals surface area contributed by atoms with E-state index in [1.54, 1.807) is 25.1 Å². The number of nitro benzene ring substituents is 1. The SMILES string of the molecule is CNc1ccc(C(=O)N(C)CC2CC(O)C2)cc1[N+](=O)[O-]. The molecule has 0 bridgehead atoms.